The second kappa shape index (κ2) is 6.29. The molecule has 0 spiro atoms. The van der Waals surface area contributed by atoms with Gasteiger partial charge in [-0.25, -0.2) is 4.98 Å². The first-order chi connectivity index (χ1) is 9.16. The monoisotopic (exact) mass is 257 g/mol. The van der Waals surface area contributed by atoms with Crippen LogP contribution in [0, 0.1) is 0 Å². The quantitative estimate of drug-likeness (QED) is 0.806. The van der Waals surface area contributed by atoms with Gasteiger partial charge in [-0.15, -0.1) is 0 Å². The van der Waals surface area contributed by atoms with E-state index in [1.165, 1.54) is 0 Å². The Hall–Kier alpha value is -1.94. The van der Waals surface area contributed by atoms with E-state index < -0.39 is 0 Å². The summed E-state index contributed by atoms with van der Waals surface area (Å²) in [6.07, 6.45) is 1.79. The lowest BCUT2D eigenvalue weighted by Crippen LogP contribution is -2.26. The van der Waals surface area contributed by atoms with Crippen LogP contribution >= 0.6 is 0 Å². The van der Waals surface area contributed by atoms with Crippen LogP contribution in [0.25, 0.3) is 10.9 Å². The topological polar surface area (TPSA) is 68.0 Å². The molecule has 0 aliphatic heterocycles. The third-order valence-electron chi connectivity index (χ3n) is 2.95. The Morgan fingerprint density at radius 3 is 2.89 bits per heavy atom. The molecule has 3 N–H and O–H groups in total. The maximum absolute atomic E-state index is 11.9. The van der Waals surface area contributed by atoms with Gasteiger partial charge in [0.2, 0.25) is 0 Å². The molecule has 0 bridgehead atoms. The van der Waals surface area contributed by atoms with Crippen LogP contribution in [0.5, 0.6) is 0 Å². The molecule has 0 aliphatic rings. The number of hydrogen-bond acceptors (Lipinski definition) is 3. The van der Waals surface area contributed by atoms with Gasteiger partial charge in [0, 0.05) is 18.0 Å². The SMILES string of the molecule is CC(N)CCCNC(=O)c1ccc2ccccc2n1. The normalized spacial score (nSPS) is 12.3. The van der Waals surface area contributed by atoms with Gasteiger partial charge in [-0.05, 0) is 31.9 Å². The molecule has 0 radical (unpaired) electrons. The van der Waals surface area contributed by atoms with Gasteiger partial charge >= 0.3 is 0 Å². The van der Waals surface area contributed by atoms with Crippen molar-refractivity contribution >= 4 is 16.8 Å². The van der Waals surface area contributed by atoms with Gasteiger partial charge in [-0.2, -0.15) is 0 Å². The Kier molecular flexibility index (Phi) is 4.47. The lowest BCUT2D eigenvalue weighted by atomic mass is 10.2. The summed E-state index contributed by atoms with van der Waals surface area (Å²) in [5, 5.41) is 3.90. The number of fused-ring (bicyclic) bond motifs is 1. The molecule has 1 aromatic carbocycles. The van der Waals surface area contributed by atoms with Gasteiger partial charge in [0.1, 0.15) is 5.69 Å². The van der Waals surface area contributed by atoms with Crippen molar-refractivity contribution in [3.05, 3.63) is 42.1 Å². The first kappa shape index (κ1) is 13.5. The molecule has 4 heteroatoms. The summed E-state index contributed by atoms with van der Waals surface area (Å²) in [5.74, 6) is -0.129. The van der Waals surface area contributed by atoms with Gasteiger partial charge in [0.25, 0.3) is 5.91 Å². The summed E-state index contributed by atoms with van der Waals surface area (Å²) in [5.41, 5.74) is 6.95. The Labute approximate surface area is 113 Å². The van der Waals surface area contributed by atoms with Crippen LogP contribution < -0.4 is 11.1 Å². The third kappa shape index (κ3) is 3.76. The minimum atomic E-state index is -0.129. The lowest BCUT2D eigenvalue weighted by Gasteiger charge is -2.07. The highest BCUT2D eigenvalue weighted by Gasteiger charge is 2.07. The van der Waals surface area contributed by atoms with Crippen molar-refractivity contribution in [3.63, 3.8) is 0 Å². The number of nitrogens with zero attached hydrogens (tertiary/aromatic N) is 1. The van der Waals surface area contributed by atoms with Crippen LogP contribution in [-0.2, 0) is 0 Å². The fourth-order valence-electron chi connectivity index (χ4n) is 1.91. The second-order valence-corrected chi connectivity index (χ2v) is 4.76. The van der Waals surface area contributed by atoms with Crippen LogP contribution in [0.4, 0.5) is 0 Å². The van der Waals surface area contributed by atoms with E-state index in [0.29, 0.717) is 12.2 Å². The molecule has 1 unspecified atom stereocenters. The molecule has 100 valence electrons. The summed E-state index contributed by atoms with van der Waals surface area (Å²) in [6.45, 7) is 2.60. The molecule has 4 nitrogen and oxygen atoms in total. The zero-order valence-corrected chi connectivity index (χ0v) is 11.1. The lowest BCUT2D eigenvalue weighted by molar-refractivity contribution is 0.0948. The third-order valence-corrected chi connectivity index (χ3v) is 2.95. The molecule has 0 aliphatic carbocycles. The minimum Gasteiger partial charge on any atom is -0.351 e. The molecule has 2 aromatic rings. The number of nitrogens with two attached hydrogens (primary N) is 1. The number of carbonyl (C=O) groups excluding carboxylic acids is 1. The number of hydrogen-bond donors (Lipinski definition) is 2. The molecule has 0 saturated heterocycles. The van der Waals surface area contributed by atoms with E-state index in [4.69, 9.17) is 5.73 Å². The molecule has 19 heavy (non-hydrogen) atoms. The zero-order chi connectivity index (χ0) is 13.7. The Balaban J connectivity index is 1.97. The highest BCUT2D eigenvalue weighted by atomic mass is 16.1. The summed E-state index contributed by atoms with van der Waals surface area (Å²) in [7, 11) is 0. The molecule has 1 amide bonds. The van der Waals surface area contributed by atoms with Crippen molar-refractivity contribution in [2.24, 2.45) is 5.73 Å². The molecule has 0 saturated carbocycles. The predicted octanol–water partition coefficient (Wildman–Crippen LogP) is 2.09. The highest BCUT2D eigenvalue weighted by molar-refractivity contribution is 5.94. The number of pyridine rings is 1. The van der Waals surface area contributed by atoms with Crippen LogP contribution in [0.1, 0.15) is 30.3 Å². The van der Waals surface area contributed by atoms with Gasteiger partial charge in [0.15, 0.2) is 0 Å². The predicted molar refractivity (Wildman–Crippen MR) is 77.0 cm³/mol. The fraction of sp³-hybridized carbons (Fsp3) is 0.333. The summed E-state index contributed by atoms with van der Waals surface area (Å²) >= 11 is 0. The molecule has 1 aromatic heterocycles. The van der Waals surface area contributed by atoms with Crippen LogP contribution in [-0.4, -0.2) is 23.5 Å². The van der Waals surface area contributed by atoms with E-state index in [1.807, 2.05) is 37.3 Å². The summed E-state index contributed by atoms with van der Waals surface area (Å²) < 4.78 is 0. The molecule has 1 heterocycles. The van der Waals surface area contributed by atoms with Gasteiger partial charge in [-0.1, -0.05) is 24.3 Å². The van der Waals surface area contributed by atoms with Crippen molar-refractivity contribution in [2.45, 2.75) is 25.8 Å². The molecular weight excluding hydrogens is 238 g/mol. The molecular formula is C15H19N3O. The number of rotatable bonds is 5. The minimum absolute atomic E-state index is 0.129. The van der Waals surface area contributed by atoms with Crippen LogP contribution in [0.2, 0.25) is 0 Å². The number of nitrogens with one attached hydrogen (secondary N) is 1. The first-order valence-electron chi connectivity index (χ1n) is 6.56. The summed E-state index contributed by atoms with van der Waals surface area (Å²) in [6, 6.07) is 11.6. The fourth-order valence-corrected chi connectivity index (χ4v) is 1.91. The average molecular weight is 257 g/mol. The van der Waals surface area contributed by atoms with E-state index >= 15 is 0 Å². The van der Waals surface area contributed by atoms with E-state index in [2.05, 4.69) is 10.3 Å². The van der Waals surface area contributed by atoms with E-state index in [1.54, 1.807) is 6.07 Å². The molecule has 0 fully saturated rings. The van der Waals surface area contributed by atoms with Crippen molar-refractivity contribution < 1.29 is 4.79 Å². The number of carbonyl (C=O) groups is 1. The Morgan fingerprint density at radius 1 is 1.32 bits per heavy atom. The highest BCUT2D eigenvalue weighted by Crippen LogP contribution is 2.11. The van der Waals surface area contributed by atoms with Crippen molar-refractivity contribution in [3.8, 4) is 0 Å². The van der Waals surface area contributed by atoms with Crippen LogP contribution in [0.3, 0.4) is 0 Å². The number of benzene rings is 1. The maximum atomic E-state index is 11.9. The average Bonchev–Trinajstić information content (AvgIpc) is 2.42. The Morgan fingerprint density at radius 2 is 2.11 bits per heavy atom. The van der Waals surface area contributed by atoms with Gasteiger partial charge in [-0.3, -0.25) is 4.79 Å². The van der Waals surface area contributed by atoms with Gasteiger partial charge < -0.3 is 11.1 Å². The van der Waals surface area contributed by atoms with E-state index in [0.717, 1.165) is 23.7 Å². The van der Waals surface area contributed by atoms with Crippen molar-refractivity contribution in [2.75, 3.05) is 6.54 Å². The molecule has 1 atom stereocenters. The first-order valence-corrected chi connectivity index (χ1v) is 6.56. The van der Waals surface area contributed by atoms with Crippen molar-refractivity contribution in [1.29, 1.82) is 0 Å². The Bertz CT molecular complexity index is 566. The van der Waals surface area contributed by atoms with E-state index in [9.17, 15) is 4.79 Å². The van der Waals surface area contributed by atoms with E-state index in [-0.39, 0.29) is 11.9 Å². The smallest absolute Gasteiger partial charge is 0.269 e. The summed E-state index contributed by atoms with van der Waals surface area (Å²) in [4.78, 5) is 16.3. The number of amides is 1. The standard InChI is InChI=1S/C15H19N3O/c1-11(16)5-4-10-17-15(19)14-9-8-12-6-2-3-7-13(12)18-14/h2-3,6-9,11H,4-5,10,16H2,1H3,(H,17,19). The molecule has 2 rings (SSSR count). The van der Waals surface area contributed by atoms with Crippen LogP contribution in [0.15, 0.2) is 36.4 Å². The van der Waals surface area contributed by atoms with Crippen molar-refractivity contribution in [1.82, 2.24) is 10.3 Å². The number of para-hydroxylation sites is 1. The maximum Gasteiger partial charge on any atom is 0.269 e. The number of aromatic nitrogens is 1. The second-order valence-electron chi connectivity index (χ2n) is 4.76. The largest absolute Gasteiger partial charge is 0.351 e. The van der Waals surface area contributed by atoms with Gasteiger partial charge in [0.05, 0.1) is 5.52 Å². The zero-order valence-electron chi connectivity index (χ0n) is 11.1.